The SMILES string of the molecule is O=C(CC1c2c(F)cccc2-c2cncn21)C1(O)CCC(c2ccnc3ccccc23)CC1. The van der Waals surface area contributed by atoms with E-state index in [1.165, 1.54) is 11.6 Å². The molecule has 4 aromatic rings. The molecule has 2 aromatic carbocycles. The van der Waals surface area contributed by atoms with Crippen molar-refractivity contribution in [1.29, 1.82) is 0 Å². The first-order valence-corrected chi connectivity index (χ1v) is 11.4. The molecular weight excluding hydrogens is 417 g/mol. The average molecular weight is 442 g/mol. The summed E-state index contributed by atoms with van der Waals surface area (Å²) in [5, 5.41) is 12.4. The monoisotopic (exact) mass is 441 g/mol. The van der Waals surface area contributed by atoms with Gasteiger partial charge in [0.1, 0.15) is 11.4 Å². The van der Waals surface area contributed by atoms with Crippen molar-refractivity contribution in [2.45, 2.75) is 49.7 Å². The Balaban J connectivity index is 1.22. The molecule has 2 aliphatic rings. The Morgan fingerprint density at radius 2 is 1.94 bits per heavy atom. The van der Waals surface area contributed by atoms with Crippen LogP contribution in [0.25, 0.3) is 22.2 Å². The zero-order valence-electron chi connectivity index (χ0n) is 18.1. The van der Waals surface area contributed by atoms with E-state index in [2.05, 4.69) is 22.1 Å². The summed E-state index contributed by atoms with van der Waals surface area (Å²) in [4.78, 5) is 22.0. The molecule has 1 unspecified atom stereocenters. The van der Waals surface area contributed by atoms with Crippen molar-refractivity contribution in [3.05, 3.63) is 84.2 Å². The van der Waals surface area contributed by atoms with E-state index in [4.69, 9.17) is 0 Å². The van der Waals surface area contributed by atoms with E-state index in [0.717, 1.165) is 35.0 Å². The van der Waals surface area contributed by atoms with Crippen molar-refractivity contribution in [3.63, 3.8) is 0 Å². The number of hydrogen-bond acceptors (Lipinski definition) is 4. The first-order valence-electron chi connectivity index (χ1n) is 11.4. The van der Waals surface area contributed by atoms with E-state index in [9.17, 15) is 14.3 Å². The number of ketones is 1. The fraction of sp³-hybridized carbons (Fsp3) is 0.296. The second-order valence-electron chi connectivity index (χ2n) is 9.25. The van der Waals surface area contributed by atoms with Gasteiger partial charge in [-0.15, -0.1) is 0 Å². The number of rotatable bonds is 4. The van der Waals surface area contributed by atoms with Gasteiger partial charge in [0.25, 0.3) is 0 Å². The van der Waals surface area contributed by atoms with Crippen molar-refractivity contribution in [1.82, 2.24) is 14.5 Å². The highest BCUT2D eigenvalue weighted by molar-refractivity contribution is 5.89. The topological polar surface area (TPSA) is 68.0 Å². The number of aliphatic hydroxyl groups is 1. The second kappa shape index (κ2) is 7.59. The molecule has 5 nitrogen and oxygen atoms in total. The Hall–Kier alpha value is -3.38. The van der Waals surface area contributed by atoms with Gasteiger partial charge in [-0.25, -0.2) is 9.37 Å². The summed E-state index contributed by atoms with van der Waals surface area (Å²) in [6.45, 7) is 0. The molecule has 1 aliphatic heterocycles. The maximum atomic E-state index is 14.7. The van der Waals surface area contributed by atoms with Gasteiger partial charge >= 0.3 is 0 Å². The van der Waals surface area contributed by atoms with Crippen molar-refractivity contribution in [2.75, 3.05) is 0 Å². The molecule has 0 bridgehead atoms. The van der Waals surface area contributed by atoms with Crippen molar-refractivity contribution in [2.24, 2.45) is 0 Å². The van der Waals surface area contributed by atoms with Crippen molar-refractivity contribution < 1.29 is 14.3 Å². The lowest BCUT2D eigenvalue weighted by molar-refractivity contribution is -0.141. The summed E-state index contributed by atoms with van der Waals surface area (Å²) in [6, 6.07) is 14.6. The fourth-order valence-electron chi connectivity index (χ4n) is 5.72. The van der Waals surface area contributed by atoms with Gasteiger partial charge in [-0.1, -0.05) is 30.3 Å². The summed E-state index contributed by atoms with van der Waals surface area (Å²) in [7, 11) is 0. The van der Waals surface area contributed by atoms with Crippen LogP contribution in [0, 0.1) is 5.82 Å². The van der Waals surface area contributed by atoms with Gasteiger partial charge in [-0.05, 0) is 55.4 Å². The third-order valence-electron chi connectivity index (χ3n) is 7.50. The lowest BCUT2D eigenvalue weighted by atomic mass is 9.72. The molecule has 166 valence electrons. The first kappa shape index (κ1) is 20.2. The van der Waals surface area contributed by atoms with Crippen LogP contribution in [0.15, 0.2) is 67.3 Å². The van der Waals surface area contributed by atoms with Crippen LogP contribution in [0.2, 0.25) is 0 Å². The normalized spacial score (nSPS) is 23.9. The minimum Gasteiger partial charge on any atom is -0.382 e. The van der Waals surface area contributed by atoms with Crippen LogP contribution in [0.5, 0.6) is 0 Å². The Labute approximate surface area is 190 Å². The highest BCUT2D eigenvalue weighted by atomic mass is 19.1. The fourth-order valence-corrected chi connectivity index (χ4v) is 5.72. The number of carbonyl (C=O) groups is 1. The number of para-hydroxylation sites is 1. The minimum atomic E-state index is -1.38. The molecule has 1 saturated carbocycles. The van der Waals surface area contributed by atoms with Gasteiger partial charge < -0.3 is 9.67 Å². The lowest BCUT2D eigenvalue weighted by Crippen LogP contribution is -2.42. The molecule has 1 aliphatic carbocycles. The highest BCUT2D eigenvalue weighted by Gasteiger charge is 2.43. The van der Waals surface area contributed by atoms with E-state index in [1.54, 1.807) is 18.6 Å². The van der Waals surface area contributed by atoms with Crippen LogP contribution in [-0.4, -0.2) is 31.0 Å². The number of pyridine rings is 1. The molecule has 6 rings (SSSR count). The maximum absolute atomic E-state index is 14.7. The summed E-state index contributed by atoms with van der Waals surface area (Å²) in [5.41, 5.74) is 2.90. The van der Waals surface area contributed by atoms with Crippen LogP contribution in [0.4, 0.5) is 4.39 Å². The molecule has 33 heavy (non-hydrogen) atoms. The van der Waals surface area contributed by atoms with E-state index < -0.39 is 11.6 Å². The number of hydrogen-bond donors (Lipinski definition) is 1. The standard InChI is InChI=1S/C27H24FN3O2/c28-21-6-3-5-20-24-15-29-16-31(24)23(26(20)21)14-25(32)27(33)11-8-17(9-12-27)18-10-13-30-22-7-2-1-4-19(18)22/h1-7,10,13,15-17,23,33H,8-9,11-12,14H2. The Morgan fingerprint density at radius 3 is 2.79 bits per heavy atom. The quantitative estimate of drug-likeness (QED) is 0.473. The Bertz CT molecular complexity index is 1370. The molecule has 1 fully saturated rings. The summed E-state index contributed by atoms with van der Waals surface area (Å²) < 4.78 is 16.6. The number of aromatic nitrogens is 3. The summed E-state index contributed by atoms with van der Waals surface area (Å²) in [5.74, 6) is -0.272. The molecule has 0 radical (unpaired) electrons. The number of nitrogens with zero attached hydrogens (tertiary/aromatic N) is 3. The number of halogens is 1. The molecular formula is C27H24FN3O2. The van der Waals surface area contributed by atoms with Crippen molar-refractivity contribution >= 4 is 16.7 Å². The third-order valence-corrected chi connectivity index (χ3v) is 7.50. The predicted octanol–water partition coefficient (Wildman–Crippen LogP) is 5.19. The number of Topliss-reactive ketones (excluding diaryl/α,β-unsaturated/α-hetero) is 1. The Kier molecular flexibility index (Phi) is 4.66. The molecule has 1 atom stereocenters. The Morgan fingerprint density at radius 1 is 1.12 bits per heavy atom. The molecule has 2 aromatic heterocycles. The van der Waals surface area contributed by atoms with E-state index in [0.29, 0.717) is 18.4 Å². The number of imidazole rings is 1. The molecule has 6 heteroatoms. The third kappa shape index (κ3) is 3.20. The van der Waals surface area contributed by atoms with Crippen LogP contribution in [0.1, 0.15) is 55.2 Å². The molecule has 3 heterocycles. The van der Waals surface area contributed by atoms with E-state index in [1.807, 2.05) is 35.0 Å². The largest absolute Gasteiger partial charge is 0.382 e. The van der Waals surface area contributed by atoms with Crippen LogP contribution < -0.4 is 0 Å². The van der Waals surface area contributed by atoms with Gasteiger partial charge in [0.2, 0.25) is 0 Å². The molecule has 0 amide bonds. The van der Waals surface area contributed by atoms with Crippen LogP contribution in [-0.2, 0) is 4.79 Å². The van der Waals surface area contributed by atoms with Gasteiger partial charge in [-0.2, -0.15) is 0 Å². The smallest absolute Gasteiger partial charge is 0.166 e. The van der Waals surface area contributed by atoms with Crippen LogP contribution in [0.3, 0.4) is 0 Å². The molecule has 0 saturated heterocycles. The molecule has 0 spiro atoms. The second-order valence-corrected chi connectivity index (χ2v) is 9.25. The van der Waals surface area contributed by atoms with Crippen LogP contribution >= 0.6 is 0 Å². The summed E-state index contributed by atoms with van der Waals surface area (Å²) >= 11 is 0. The highest BCUT2D eigenvalue weighted by Crippen LogP contribution is 2.45. The number of fused-ring (bicyclic) bond motifs is 4. The maximum Gasteiger partial charge on any atom is 0.166 e. The molecule has 1 N–H and O–H groups in total. The van der Waals surface area contributed by atoms with E-state index >= 15 is 0 Å². The van der Waals surface area contributed by atoms with Gasteiger partial charge in [-0.3, -0.25) is 9.78 Å². The van der Waals surface area contributed by atoms with Gasteiger partial charge in [0.15, 0.2) is 5.78 Å². The van der Waals surface area contributed by atoms with E-state index in [-0.39, 0.29) is 23.9 Å². The number of carbonyl (C=O) groups excluding carboxylic acids is 1. The minimum absolute atomic E-state index is 0.0522. The summed E-state index contributed by atoms with van der Waals surface area (Å²) in [6.07, 6.45) is 7.48. The zero-order chi connectivity index (χ0) is 22.6. The van der Waals surface area contributed by atoms with Gasteiger partial charge in [0.05, 0.1) is 29.8 Å². The zero-order valence-corrected chi connectivity index (χ0v) is 18.1. The lowest BCUT2D eigenvalue weighted by Gasteiger charge is -2.36. The number of benzene rings is 2. The average Bonchev–Trinajstić information content (AvgIpc) is 3.42. The van der Waals surface area contributed by atoms with Crippen molar-refractivity contribution in [3.8, 4) is 11.3 Å². The first-order chi connectivity index (χ1) is 16.0. The predicted molar refractivity (Wildman–Crippen MR) is 123 cm³/mol. The van der Waals surface area contributed by atoms with Gasteiger partial charge in [0, 0.05) is 29.1 Å².